The van der Waals surface area contributed by atoms with Crippen molar-refractivity contribution in [2.24, 2.45) is 0 Å². The number of hydrogen-bond acceptors (Lipinski definition) is 3. The Labute approximate surface area is 110 Å². The quantitative estimate of drug-likeness (QED) is 0.831. The zero-order chi connectivity index (χ0) is 13.1. The molecule has 18 heavy (non-hydrogen) atoms. The van der Waals surface area contributed by atoms with Gasteiger partial charge in [0.05, 0.1) is 22.5 Å². The van der Waals surface area contributed by atoms with Gasteiger partial charge in [-0.3, -0.25) is 4.79 Å². The van der Waals surface area contributed by atoms with Crippen molar-refractivity contribution in [2.45, 2.75) is 6.92 Å². The van der Waals surface area contributed by atoms with Crippen molar-refractivity contribution in [2.75, 3.05) is 12.3 Å². The summed E-state index contributed by atoms with van der Waals surface area (Å²) >= 11 is 5.83. The monoisotopic (exact) mass is 264 g/mol. The van der Waals surface area contributed by atoms with Gasteiger partial charge in [0.2, 0.25) is 0 Å². The molecule has 0 aliphatic heterocycles. The summed E-state index contributed by atoms with van der Waals surface area (Å²) in [7, 11) is 0. The fraction of sp³-hybridized carbons (Fsp3) is 0.167. The summed E-state index contributed by atoms with van der Waals surface area (Å²) in [5, 5.41) is 7.32. The van der Waals surface area contributed by atoms with Crippen molar-refractivity contribution in [3.63, 3.8) is 0 Å². The minimum Gasteiger partial charge on any atom is -0.399 e. The Kier molecular flexibility index (Phi) is 3.53. The molecule has 0 fully saturated rings. The Balaban J connectivity index is 2.50. The van der Waals surface area contributed by atoms with Gasteiger partial charge in [-0.05, 0) is 25.1 Å². The number of nitrogens with zero attached hydrogens (tertiary/aromatic N) is 2. The molecule has 0 spiro atoms. The molecule has 0 bridgehead atoms. The van der Waals surface area contributed by atoms with Crippen LogP contribution in [0.4, 0.5) is 5.69 Å². The molecule has 0 atom stereocenters. The largest absolute Gasteiger partial charge is 0.399 e. The highest BCUT2D eigenvalue weighted by atomic mass is 35.5. The van der Waals surface area contributed by atoms with Crippen LogP contribution in [-0.4, -0.2) is 22.2 Å². The summed E-state index contributed by atoms with van der Waals surface area (Å²) in [4.78, 5) is 11.9. The van der Waals surface area contributed by atoms with Gasteiger partial charge in [-0.2, -0.15) is 5.10 Å². The van der Waals surface area contributed by atoms with E-state index in [0.29, 0.717) is 28.5 Å². The van der Waals surface area contributed by atoms with Gasteiger partial charge in [0.25, 0.3) is 5.91 Å². The molecule has 1 amide bonds. The zero-order valence-corrected chi connectivity index (χ0v) is 10.6. The highest BCUT2D eigenvalue weighted by Crippen LogP contribution is 2.19. The van der Waals surface area contributed by atoms with Crippen molar-refractivity contribution in [1.82, 2.24) is 15.1 Å². The first-order chi connectivity index (χ1) is 8.61. The van der Waals surface area contributed by atoms with Crippen LogP contribution in [0.3, 0.4) is 0 Å². The number of aromatic nitrogens is 2. The third-order valence-corrected chi connectivity index (χ3v) is 2.60. The minimum atomic E-state index is -0.167. The summed E-state index contributed by atoms with van der Waals surface area (Å²) in [6.07, 6.45) is 3.13. The van der Waals surface area contributed by atoms with Crippen LogP contribution >= 0.6 is 11.6 Å². The highest BCUT2D eigenvalue weighted by Gasteiger charge is 2.13. The molecule has 2 aromatic rings. The van der Waals surface area contributed by atoms with Crippen LogP contribution in [0.1, 0.15) is 17.3 Å². The summed E-state index contributed by atoms with van der Waals surface area (Å²) in [5.41, 5.74) is 7.41. The van der Waals surface area contributed by atoms with E-state index in [1.165, 1.54) is 10.9 Å². The van der Waals surface area contributed by atoms with Gasteiger partial charge in [0.15, 0.2) is 0 Å². The number of anilines is 1. The summed E-state index contributed by atoms with van der Waals surface area (Å²) in [5.74, 6) is -0.167. The van der Waals surface area contributed by atoms with Crippen LogP contribution in [0, 0.1) is 0 Å². The van der Waals surface area contributed by atoms with E-state index in [0.717, 1.165) is 0 Å². The summed E-state index contributed by atoms with van der Waals surface area (Å²) in [6, 6.07) is 5.04. The summed E-state index contributed by atoms with van der Waals surface area (Å²) < 4.78 is 1.53. The van der Waals surface area contributed by atoms with E-state index < -0.39 is 0 Å². The molecule has 94 valence electrons. The number of nitrogens with two attached hydrogens (primary N) is 1. The Morgan fingerprint density at radius 3 is 2.94 bits per heavy atom. The summed E-state index contributed by atoms with van der Waals surface area (Å²) in [6.45, 7) is 2.42. The van der Waals surface area contributed by atoms with E-state index in [1.54, 1.807) is 24.4 Å². The predicted molar refractivity (Wildman–Crippen MR) is 71.0 cm³/mol. The molecule has 0 radical (unpaired) electrons. The second-order valence-corrected chi connectivity index (χ2v) is 4.18. The average molecular weight is 265 g/mol. The topological polar surface area (TPSA) is 72.9 Å². The van der Waals surface area contributed by atoms with Gasteiger partial charge < -0.3 is 11.1 Å². The molecule has 0 saturated heterocycles. The molecular formula is C12H13ClN4O. The molecule has 1 aromatic carbocycles. The van der Waals surface area contributed by atoms with Crippen molar-refractivity contribution in [3.8, 4) is 5.69 Å². The Bertz CT molecular complexity index is 579. The Hall–Kier alpha value is -2.01. The smallest absolute Gasteiger partial charge is 0.253 e. The molecule has 3 N–H and O–H groups in total. The van der Waals surface area contributed by atoms with E-state index in [9.17, 15) is 4.79 Å². The maximum absolute atomic E-state index is 11.9. The van der Waals surface area contributed by atoms with Crippen LogP contribution in [-0.2, 0) is 0 Å². The van der Waals surface area contributed by atoms with Crippen LogP contribution < -0.4 is 11.1 Å². The molecular weight excluding hydrogens is 252 g/mol. The lowest BCUT2D eigenvalue weighted by Gasteiger charge is -2.10. The molecule has 1 aromatic heterocycles. The first-order valence-corrected chi connectivity index (χ1v) is 5.88. The van der Waals surface area contributed by atoms with Gasteiger partial charge >= 0.3 is 0 Å². The molecule has 2 rings (SSSR count). The third-order valence-electron chi connectivity index (χ3n) is 2.40. The number of nitrogens with one attached hydrogen (secondary N) is 1. The molecule has 6 heteroatoms. The molecule has 5 nitrogen and oxygen atoms in total. The first-order valence-electron chi connectivity index (χ1n) is 5.50. The van der Waals surface area contributed by atoms with E-state index >= 15 is 0 Å². The van der Waals surface area contributed by atoms with E-state index in [2.05, 4.69) is 10.4 Å². The van der Waals surface area contributed by atoms with Crippen molar-refractivity contribution in [3.05, 3.63) is 41.2 Å². The number of benzene rings is 1. The standard InChI is InChI=1S/C12H13ClN4O/c1-2-15-12(18)10-4-3-9(14)5-11(10)17-7-8(13)6-16-17/h3-7H,2,14H2,1H3,(H,15,18). The lowest BCUT2D eigenvalue weighted by molar-refractivity contribution is 0.0955. The number of carbonyl (C=O) groups is 1. The van der Waals surface area contributed by atoms with Gasteiger partial charge in [-0.15, -0.1) is 0 Å². The van der Waals surface area contributed by atoms with Crippen LogP contribution in [0.15, 0.2) is 30.6 Å². The van der Waals surface area contributed by atoms with Crippen LogP contribution in [0.2, 0.25) is 5.02 Å². The van der Waals surface area contributed by atoms with Crippen LogP contribution in [0.25, 0.3) is 5.69 Å². The minimum absolute atomic E-state index is 0.167. The molecule has 0 aliphatic rings. The van der Waals surface area contributed by atoms with Crippen LogP contribution in [0.5, 0.6) is 0 Å². The number of nitrogen functional groups attached to an aromatic ring is 1. The average Bonchev–Trinajstić information content (AvgIpc) is 2.76. The number of carbonyl (C=O) groups excluding carboxylic acids is 1. The third kappa shape index (κ3) is 2.46. The van der Waals surface area contributed by atoms with E-state index in [4.69, 9.17) is 17.3 Å². The SMILES string of the molecule is CCNC(=O)c1ccc(N)cc1-n1cc(Cl)cn1. The zero-order valence-electron chi connectivity index (χ0n) is 9.85. The maximum atomic E-state index is 11.9. The molecule has 0 aliphatic carbocycles. The molecule has 0 saturated carbocycles. The maximum Gasteiger partial charge on any atom is 0.253 e. The second-order valence-electron chi connectivity index (χ2n) is 3.74. The fourth-order valence-electron chi connectivity index (χ4n) is 1.62. The number of hydrogen-bond donors (Lipinski definition) is 2. The fourth-order valence-corrected chi connectivity index (χ4v) is 1.75. The Morgan fingerprint density at radius 2 is 2.33 bits per heavy atom. The normalized spacial score (nSPS) is 10.3. The van der Waals surface area contributed by atoms with Gasteiger partial charge in [-0.25, -0.2) is 4.68 Å². The van der Waals surface area contributed by atoms with Crippen molar-refractivity contribution < 1.29 is 4.79 Å². The number of halogens is 1. The lowest BCUT2D eigenvalue weighted by Crippen LogP contribution is -2.24. The van der Waals surface area contributed by atoms with Crippen molar-refractivity contribution in [1.29, 1.82) is 0 Å². The predicted octanol–water partition coefficient (Wildman–Crippen LogP) is 1.86. The lowest BCUT2D eigenvalue weighted by atomic mass is 10.1. The first kappa shape index (κ1) is 12.4. The second kappa shape index (κ2) is 5.10. The Morgan fingerprint density at radius 1 is 1.56 bits per heavy atom. The van der Waals surface area contributed by atoms with Gasteiger partial charge in [0, 0.05) is 18.4 Å². The highest BCUT2D eigenvalue weighted by molar-refractivity contribution is 6.30. The van der Waals surface area contributed by atoms with Gasteiger partial charge in [0.1, 0.15) is 0 Å². The van der Waals surface area contributed by atoms with E-state index in [-0.39, 0.29) is 5.91 Å². The molecule has 1 heterocycles. The molecule has 0 unspecified atom stereocenters. The number of rotatable bonds is 3. The van der Waals surface area contributed by atoms with Crippen molar-refractivity contribution >= 4 is 23.2 Å². The van der Waals surface area contributed by atoms with Gasteiger partial charge in [-0.1, -0.05) is 11.6 Å². The van der Waals surface area contributed by atoms with E-state index in [1.807, 2.05) is 6.92 Å². The number of amides is 1.